The lowest BCUT2D eigenvalue weighted by atomic mass is 9.99. The fraction of sp³-hybridized carbons (Fsp3) is 0.353. The van der Waals surface area contributed by atoms with Gasteiger partial charge in [-0.15, -0.1) is 0 Å². The Hall–Kier alpha value is -1.87. The van der Waals surface area contributed by atoms with Crippen molar-refractivity contribution in [1.82, 2.24) is 10.3 Å². The smallest absolute Gasteiger partial charge is 0.124 e. The molecule has 0 bridgehead atoms. The summed E-state index contributed by atoms with van der Waals surface area (Å²) >= 11 is 0. The van der Waals surface area contributed by atoms with Gasteiger partial charge in [-0.25, -0.2) is 0 Å². The zero-order valence-electron chi connectivity index (χ0n) is 12.3. The molecule has 1 atom stereocenters. The molecule has 3 nitrogen and oxygen atoms in total. The van der Waals surface area contributed by atoms with Crippen LogP contribution in [0.15, 0.2) is 48.8 Å². The highest BCUT2D eigenvalue weighted by Crippen LogP contribution is 2.28. The number of para-hydroxylation sites is 1. The maximum Gasteiger partial charge on any atom is 0.124 e. The molecule has 1 aromatic heterocycles. The molecule has 0 saturated carbocycles. The van der Waals surface area contributed by atoms with Gasteiger partial charge in [0.25, 0.3) is 0 Å². The molecule has 0 saturated heterocycles. The van der Waals surface area contributed by atoms with Gasteiger partial charge in [0.2, 0.25) is 0 Å². The summed E-state index contributed by atoms with van der Waals surface area (Å²) in [4.78, 5) is 4.18. The Labute approximate surface area is 121 Å². The van der Waals surface area contributed by atoms with Crippen LogP contribution in [-0.4, -0.2) is 18.1 Å². The zero-order chi connectivity index (χ0) is 14.4. The van der Waals surface area contributed by atoms with Crippen LogP contribution >= 0.6 is 0 Å². The van der Waals surface area contributed by atoms with E-state index in [-0.39, 0.29) is 12.1 Å². The minimum Gasteiger partial charge on any atom is -0.491 e. The fourth-order valence-corrected chi connectivity index (χ4v) is 2.25. The Bertz CT molecular complexity index is 526. The van der Waals surface area contributed by atoms with E-state index in [4.69, 9.17) is 4.74 Å². The van der Waals surface area contributed by atoms with Crippen molar-refractivity contribution in [1.29, 1.82) is 0 Å². The van der Waals surface area contributed by atoms with Crippen molar-refractivity contribution in [2.75, 3.05) is 7.05 Å². The van der Waals surface area contributed by atoms with Crippen molar-refractivity contribution >= 4 is 0 Å². The molecule has 0 radical (unpaired) electrons. The van der Waals surface area contributed by atoms with Crippen molar-refractivity contribution in [3.8, 4) is 5.75 Å². The fourth-order valence-electron chi connectivity index (χ4n) is 2.25. The molecule has 0 aliphatic carbocycles. The van der Waals surface area contributed by atoms with E-state index in [2.05, 4.69) is 28.5 Å². The minimum atomic E-state index is 0.173. The molecule has 0 spiro atoms. The summed E-state index contributed by atoms with van der Waals surface area (Å²) in [6, 6.07) is 12.5. The number of aromatic nitrogens is 1. The van der Waals surface area contributed by atoms with E-state index < -0.39 is 0 Å². The third-order valence-corrected chi connectivity index (χ3v) is 3.17. The van der Waals surface area contributed by atoms with Gasteiger partial charge in [-0.3, -0.25) is 4.98 Å². The van der Waals surface area contributed by atoms with E-state index in [1.165, 1.54) is 11.1 Å². The number of rotatable bonds is 6. The van der Waals surface area contributed by atoms with Crippen LogP contribution < -0.4 is 10.1 Å². The third kappa shape index (κ3) is 3.81. The monoisotopic (exact) mass is 270 g/mol. The first-order chi connectivity index (χ1) is 9.70. The van der Waals surface area contributed by atoms with E-state index in [0.29, 0.717) is 0 Å². The van der Waals surface area contributed by atoms with Gasteiger partial charge < -0.3 is 10.1 Å². The van der Waals surface area contributed by atoms with Gasteiger partial charge in [0.1, 0.15) is 5.75 Å². The molecule has 0 aliphatic heterocycles. The number of hydrogen-bond acceptors (Lipinski definition) is 3. The molecule has 1 N–H and O–H groups in total. The number of benzene rings is 1. The first kappa shape index (κ1) is 14.5. The normalized spacial score (nSPS) is 12.4. The Morgan fingerprint density at radius 2 is 1.95 bits per heavy atom. The summed E-state index contributed by atoms with van der Waals surface area (Å²) < 4.78 is 5.91. The lowest BCUT2D eigenvalue weighted by molar-refractivity contribution is 0.238. The van der Waals surface area contributed by atoms with Crippen LogP contribution in [0.25, 0.3) is 0 Å². The topological polar surface area (TPSA) is 34.2 Å². The molecular formula is C17H22N2O. The van der Waals surface area contributed by atoms with E-state index >= 15 is 0 Å². The van der Waals surface area contributed by atoms with Crippen LogP contribution in [0.1, 0.15) is 31.0 Å². The van der Waals surface area contributed by atoms with Crippen LogP contribution in [0.2, 0.25) is 0 Å². The average Bonchev–Trinajstić information content (AvgIpc) is 2.46. The van der Waals surface area contributed by atoms with E-state index in [9.17, 15) is 0 Å². The summed E-state index contributed by atoms with van der Waals surface area (Å²) in [5.41, 5.74) is 2.40. The Kier molecular flexibility index (Phi) is 5.13. The predicted molar refractivity (Wildman–Crippen MR) is 81.9 cm³/mol. The predicted octanol–water partition coefficient (Wildman–Crippen LogP) is 3.37. The van der Waals surface area contributed by atoms with Crippen LogP contribution in [0.5, 0.6) is 5.75 Å². The number of pyridine rings is 1. The number of nitrogens with zero attached hydrogens (tertiary/aromatic N) is 1. The summed E-state index contributed by atoms with van der Waals surface area (Å²) in [6.45, 7) is 4.10. The molecule has 2 aromatic rings. The highest BCUT2D eigenvalue weighted by Gasteiger charge is 2.15. The molecular weight excluding hydrogens is 248 g/mol. The second kappa shape index (κ2) is 7.06. The van der Waals surface area contributed by atoms with Crippen LogP contribution in [0, 0.1) is 0 Å². The standard InChI is InChI=1S/C17H22N2O/c1-13(2)20-17-9-5-4-8-15(17)16(18-3)11-14-7-6-10-19-12-14/h4-10,12-13,16,18H,11H2,1-3H3. The molecule has 0 fully saturated rings. The first-order valence-corrected chi connectivity index (χ1v) is 7.02. The van der Waals surface area contributed by atoms with Gasteiger partial charge in [0.15, 0.2) is 0 Å². The average molecular weight is 270 g/mol. The van der Waals surface area contributed by atoms with Crippen LogP contribution in [-0.2, 0) is 6.42 Å². The van der Waals surface area contributed by atoms with Gasteiger partial charge in [-0.05, 0) is 45.0 Å². The second-order valence-corrected chi connectivity index (χ2v) is 5.11. The molecule has 106 valence electrons. The van der Waals surface area contributed by atoms with Crippen molar-refractivity contribution in [3.63, 3.8) is 0 Å². The summed E-state index contributed by atoms with van der Waals surface area (Å²) in [7, 11) is 1.98. The molecule has 0 amide bonds. The lowest BCUT2D eigenvalue weighted by Gasteiger charge is -2.21. The molecule has 1 aromatic carbocycles. The Morgan fingerprint density at radius 3 is 2.60 bits per heavy atom. The summed E-state index contributed by atoms with van der Waals surface area (Å²) in [5.74, 6) is 0.950. The van der Waals surface area contributed by atoms with Crippen molar-refractivity contribution in [2.24, 2.45) is 0 Å². The number of ether oxygens (including phenoxy) is 1. The van der Waals surface area contributed by atoms with Crippen molar-refractivity contribution in [3.05, 3.63) is 59.9 Å². The Balaban J connectivity index is 2.23. The molecule has 2 rings (SSSR count). The Morgan fingerprint density at radius 1 is 1.15 bits per heavy atom. The second-order valence-electron chi connectivity index (χ2n) is 5.11. The van der Waals surface area contributed by atoms with Gasteiger partial charge in [0.05, 0.1) is 6.10 Å². The highest BCUT2D eigenvalue weighted by molar-refractivity contribution is 5.37. The number of hydrogen-bond donors (Lipinski definition) is 1. The van der Waals surface area contributed by atoms with Gasteiger partial charge in [-0.2, -0.15) is 0 Å². The highest BCUT2D eigenvalue weighted by atomic mass is 16.5. The zero-order valence-corrected chi connectivity index (χ0v) is 12.3. The maximum absolute atomic E-state index is 5.91. The van der Waals surface area contributed by atoms with Gasteiger partial charge in [-0.1, -0.05) is 24.3 Å². The quantitative estimate of drug-likeness (QED) is 0.874. The largest absolute Gasteiger partial charge is 0.491 e. The lowest BCUT2D eigenvalue weighted by Crippen LogP contribution is -2.20. The number of likely N-dealkylation sites (N-methyl/N-ethyl adjacent to an activating group) is 1. The number of nitrogens with one attached hydrogen (secondary N) is 1. The SMILES string of the molecule is CNC(Cc1cccnc1)c1ccccc1OC(C)C. The molecule has 1 unspecified atom stereocenters. The van der Waals surface area contributed by atoms with E-state index in [0.717, 1.165) is 12.2 Å². The van der Waals surface area contributed by atoms with Crippen molar-refractivity contribution in [2.45, 2.75) is 32.4 Å². The molecule has 3 heteroatoms. The summed E-state index contributed by atoms with van der Waals surface area (Å²) in [6.07, 6.45) is 4.78. The maximum atomic E-state index is 5.91. The third-order valence-electron chi connectivity index (χ3n) is 3.17. The molecule has 20 heavy (non-hydrogen) atoms. The molecule has 1 heterocycles. The van der Waals surface area contributed by atoms with E-state index in [1.54, 1.807) is 6.20 Å². The first-order valence-electron chi connectivity index (χ1n) is 7.02. The van der Waals surface area contributed by atoms with E-state index in [1.807, 2.05) is 45.3 Å². The van der Waals surface area contributed by atoms with Gasteiger partial charge in [0, 0.05) is 24.0 Å². The van der Waals surface area contributed by atoms with Crippen molar-refractivity contribution < 1.29 is 4.74 Å². The van der Waals surface area contributed by atoms with Crippen LogP contribution in [0.3, 0.4) is 0 Å². The minimum absolute atomic E-state index is 0.173. The summed E-state index contributed by atoms with van der Waals surface area (Å²) in [5, 5.41) is 3.37. The molecule has 0 aliphatic rings. The van der Waals surface area contributed by atoms with Gasteiger partial charge >= 0.3 is 0 Å². The van der Waals surface area contributed by atoms with Crippen LogP contribution in [0.4, 0.5) is 0 Å².